The van der Waals surface area contributed by atoms with Crippen molar-refractivity contribution in [2.24, 2.45) is 0 Å². The van der Waals surface area contributed by atoms with Crippen LogP contribution in [0.2, 0.25) is 10.0 Å². The Morgan fingerprint density at radius 3 is 2.38 bits per heavy atom. The van der Waals surface area contributed by atoms with E-state index in [1.807, 2.05) is 49.3 Å². The number of carbonyl (C=O) groups is 1. The molecule has 0 amide bonds. The second kappa shape index (κ2) is 9.92. The molecule has 0 aliphatic rings. The van der Waals surface area contributed by atoms with E-state index in [4.69, 9.17) is 27.9 Å². The molecule has 7 heteroatoms. The van der Waals surface area contributed by atoms with E-state index in [0.717, 1.165) is 11.3 Å². The lowest BCUT2D eigenvalue weighted by molar-refractivity contribution is 0.0527. The summed E-state index contributed by atoms with van der Waals surface area (Å²) in [5.74, 6) is -1.10. The fourth-order valence-corrected chi connectivity index (χ4v) is 4.23. The number of hydrogen-bond acceptors (Lipinski definition) is 3. The van der Waals surface area contributed by atoms with E-state index in [-0.39, 0.29) is 17.3 Å². The van der Waals surface area contributed by atoms with E-state index in [0.29, 0.717) is 27.5 Å². The Morgan fingerprint density at radius 1 is 0.971 bits per heavy atom. The van der Waals surface area contributed by atoms with Crippen LogP contribution in [0.3, 0.4) is 0 Å². The molecule has 0 aliphatic carbocycles. The molecule has 174 valence electrons. The Kier molecular flexibility index (Phi) is 6.96. The van der Waals surface area contributed by atoms with Crippen molar-refractivity contribution in [3.05, 3.63) is 94.2 Å². The lowest BCUT2D eigenvalue weighted by Crippen LogP contribution is -2.09. The average Bonchev–Trinajstić information content (AvgIpc) is 3.22. The Morgan fingerprint density at radius 2 is 1.68 bits per heavy atom. The number of aromatic nitrogens is 1. The standard InChI is InChI=1S/C27H23Cl2FN2O2/c1-4-34-27(33)21-16-24(17-8-6-11-20(15-17)31(2)3)32(23-13-7-12-22(29)25(23)30)26(21)18-9-5-10-19(28)14-18/h5-16H,4H2,1-3H3. The fourth-order valence-electron chi connectivity index (χ4n) is 3.87. The van der Waals surface area contributed by atoms with Crippen molar-refractivity contribution in [2.45, 2.75) is 6.92 Å². The fraction of sp³-hybridized carbons (Fsp3) is 0.148. The summed E-state index contributed by atoms with van der Waals surface area (Å²) in [6.45, 7) is 1.95. The van der Waals surface area contributed by atoms with Gasteiger partial charge in [-0.3, -0.25) is 0 Å². The largest absolute Gasteiger partial charge is 0.462 e. The lowest BCUT2D eigenvalue weighted by atomic mass is 10.1. The van der Waals surface area contributed by atoms with Crippen LogP contribution in [-0.4, -0.2) is 31.2 Å². The molecule has 0 aliphatic heterocycles. The van der Waals surface area contributed by atoms with Gasteiger partial charge in [-0.1, -0.05) is 53.5 Å². The van der Waals surface area contributed by atoms with E-state index in [1.54, 1.807) is 47.9 Å². The monoisotopic (exact) mass is 496 g/mol. The van der Waals surface area contributed by atoms with Gasteiger partial charge in [-0.15, -0.1) is 0 Å². The molecule has 1 heterocycles. The molecule has 0 saturated heterocycles. The third-order valence-corrected chi connectivity index (χ3v) is 5.95. The number of hydrogen-bond donors (Lipinski definition) is 0. The van der Waals surface area contributed by atoms with Crippen molar-refractivity contribution in [3.8, 4) is 28.2 Å². The molecule has 4 nitrogen and oxygen atoms in total. The maximum Gasteiger partial charge on any atom is 0.340 e. The van der Waals surface area contributed by atoms with Crippen LogP contribution in [0.5, 0.6) is 0 Å². The summed E-state index contributed by atoms with van der Waals surface area (Å²) in [6, 6.07) is 21.4. The highest BCUT2D eigenvalue weighted by molar-refractivity contribution is 6.31. The third-order valence-electron chi connectivity index (χ3n) is 5.42. The molecule has 0 N–H and O–H groups in total. The SMILES string of the molecule is CCOC(=O)c1cc(-c2cccc(N(C)C)c2)n(-c2cccc(Cl)c2F)c1-c1cccc(Cl)c1. The molecule has 0 saturated carbocycles. The van der Waals surface area contributed by atoms with Gasteiger partial charge in [0, 0.05) is 35.9 Å². The zero-order valence-electron chi connectivity index (χ0n) is 19.0. The first-order chi connectivity index (χ1) is 16.3. The van der Waals surface area contributed by atoms with E-state index in [1.165, 1.54) is 6.07 Å². The van der Waals surface area contributed by atoms with Crippen LogP contribution in [-0.2, 0) is 4.74 Å². The quantitative estimate of drug-likeness (QED) is 0.259. The smallest absolute Gasteiger partial charge is 0.340 e. The van der Waals surface area contributed by atoms with Crippen molar-refractivity contribution in [3.63, 3.8) is 0 Å². The molecule has 0 bridgehead atoms. The van der Waals surface area contributed by atoms with Gasteiger partial charge in [-0.05, 0) is 49.4 Å². The summed E-state index contributed by atoms with van der Waals surface area (Å²) in [7, 11) is 3.88. The number of ether oxygens (including phenoxy) is 1. The maximum absolute atomic E-state index is 15.4. The van der Waals surface area contributed by atoms with Gasteiger partial charge in [0.05, 0.1) is 34.3 Å². The predicted octanol–water partition coefficient (Wildman–Crippen LogP) is 7.50. The van der Waals surface area contributed by atoms with Gasteiger partial charge in [-0.2, -0.15) is 0 Å². The molecule has 4 rings (SSSR count). The molecule has 1 aromatic heterocycles. The van der Waals surface area contributed by atoms with Crippen LogP contribution in [0, 0.1) is 5.82 Å². The number of rotatable bonds is 6. The summed E-state index contributed by atoms with van der Waals surface area (Å²) in [5, 5.41) is 0.469. The van der Waals surface area contributed by atoms with Crippen molar-refractivity contribution < 1.29 is 13.9 Å². The van der Waals surface area contributed by atoms with E-state index < -0.39 is 11.8 Å². The number of nitrogens with zero attached hydrogens (tertiary/aromatic N) is 2. The molecular formula is C27H23Cl2FN2O2. The summed E-state index contributed by atoms with van der Waals surface area (Å²) >= 11 is 12.5. The van der Waals surface area contributed by atoms with E-state index >= 15 is 4.39 Å². The minimum atomic E-state index is -0.594. The third kappa shape index (κ3) is 4.54. The minimum absolute atomic E-state index is 0.0195. The zero-order chi connectivity index (χ0) is 24.4. The van der Waals surface area contributed by atoms with E-state index in [9.17, 15) is 4.79 Å². The highest BCUT2D eigenvalue weighted by Gasteiger charge is 2.26. The molecule has 4 aromatic rings. The Hall–Kier alpha value is -3.28. The summed E-state index contributed by atoms with van der Waals surface area (Å²) < 4.78 is 22.5. The van der Waals surface area contributed by atoms with Gasteiger partial charge in [-0.25, -0.2) is 9.18 Å². The van der Waals surface area contributed by atoms with Crippen LogP contribution in [0.15, 0.2) is 72.8 Å². The average molecular weight is 497 g/mol. The van der Waals surface area contributed by atoms with Crippen molar-refractivity contribution in [2.75, 3.05) is 25.6 Å². The predicted molar refractivity (Wildman–Crippen MR) is 137 cm³/mol. The first-order valence-electron chi connectivity index (χ1n) is 10.7. The Bertz CT molecular complexity index is 1360. The number of halogens is 3. The molecule has 0 fully saturated rings. The number of esters is 1. The normalized spacial score (nSPS) is 10.9. The van der Waals surface area contributed by atoms with Gasteiger partial charge in [0.25, 0.3) is 0 Å². The van der Waals surface area contributed by atoms with Crippen LogP contribution < -0.4 is 4.90 Å². The highest BCUT2D eigenvalue weighted by atomic mass is 35.5. The van der Waals surface area contributed by atoms with E-state index in [2.05, 4.69) is 0 Å². The Labute approximate surface area is 208 Å². The first kappa shape index (κ1) is 23.9. The van der Waals surface area contributed by atoms with Crippen LogP contribution in [0.25, 0.3) is 28.2 Å². The van der Waals surface area contributed by atoms with Gasteiger partial charge in [0.15, 0.2) is 5.82 Å². The summed E-state index contributed by atoms with van der Waals surface area (Å²) in [6.07, 6.45) is 0. The molecular weight excluding hydrogens is 474 g/mol. The Balaban J connectivity index is 2.13. The molecule has 0 spiro atoms. The second-order valence-corrected chi connectivity index (χ2v) is 8.72. The van der Waals surface area contributed by atoms with Gasteiger partial charge in [0.1, 0.15) is 0 Å². The minimum Gasteiger partial charge on any atom is -0.462 e. The first-order valence-corrected chi connectivity index (χ1v) is 11.5. The molecule has 0 radical (unpaired) electrons. The number of anilines is 1. The second-order valence-electron chi connectivity index (χ2n) is 7.88. The molecule has 34 heavy (non-hydrogen) atoms. The zero-order valence-corrected chi connectivity index (χ0v) is 20.5. The topological polar surface area (TPSA) is 34.5 Å². The summed E-state index contributed by atoms with van der Waals surface area (Å²) in [5.41, 5.74) is 3.99. The van der Waals surface area contributed by atoms with Crippen molar-refractivity contribution in [1.82, 2.24) is 4.57 Å². The lowest BCUT2D eigenvalue weighted by Gasteiger charge is -2.18. The highest BCUT2D eigenvalue weighted by Crippen LogP contribution is 2.39. The van der Waals surface area contributed by atoms with Crippen molar-refractivity contribution >= 4 is 34.9 Å². The number of carbonyl (C=O) groups excluding carboxylic acids is 1. The van der Waals surface area contributed by atoms with Gasteiger partial charge < -0.3 is 14.2 Å². The van der Waals surface area contributed by atoms with Gasteiger partial charge in [0.2, 0.25) is 0 Å². The van der Waals surface area contributed by atoms with Crippen LogP contribution in [0.1, 0.15) is 17.3 Å². The van der Waals surface area contributed by atoms with Gasteiger partial charge >= 0.3 is 5.97 Å². The maximum atomic E-state index is 15.4. The summed E-state index contributed by atoms with van der Waals surface area (Å²) in [4.78, 5) is 15.1. The molecule has 0 unspecified atom stereocenters. The molecule has 3 aromatic carbocycles. The molecule has 0 atom stereocenters. The number of benzene rings is 3. The van der Waals surface area contributed by atoms with Crippen molar-refractivity contribution in [1.29, 1.82) is 0 Å². The van der Waals surface area contributed by atoms with Crippen LogP contribution >= 0.6 is 23.2 Å². The van der Waals surface area contributed by atoms with Crippen LogP contribution in [0.4, 0.5) is 10.1 Å².